The van der Waals surface area contributed by atoms with E-state index in [0.29, 0.717) is 0 Å². The molecule has 0 radical (unpaired) electrons. The molecule has 15 nitrogen and oxygen atoms in total. The lowest BCUT2D eigenvalue weighted by Gasteiger charge is -2.36. The minimum absolute atomic E-state index is 0.0222. The summed E-state index contributed by atoms with van der Waals surface area (Å²) in [4.78, 5) is 29.4. The molecule has 5 bridgehead atoms. The number of nitrogens with zero attached hydrogens (tertiary/aromatic N) is 3. The van der Waals surface area contributed by atoms with Gasteiger partial charge in [0.15, 0.2) is 5.75 Å². The molecule has 0 aromatic heterocycles. The minimum Gasteiger partial charge on any atom is -0.507 e. The number of phenols is 3. The van der Waals surface area contributed by atoms with E-state index in [4.69, 9.17) is 18.3 Å². The molecule has 2 aromatic carbocycles. The fourth-order valence-electron chi connectivity index (χ4n) is 7.43. The van der Waals surface area contributed by atoms with E-state index in [1.165, 1.54) is 57.4 Å². The van der Waals surface area contributed by atoms with Crippen LogP contribution in [0.4, 0.5) is 5.69 Å². The number of carbonyl (C=O) groups excluding carboxylic acids is 2. The molecule has 1 amide bonds. The first-order valence-electron chi connectivity index (χ1n) is 20.2. The van der Waals surface area contributed by atoms with Crippen molar-refractivity contribution in [3.05, 3.63) is 52.8 Å². The number of phenolic OH excluding ortho intramolecular Hbond substituents is 3. The van der Waals surface area contributed by atoms with Crippen LogP contribution in [0.15, 0.2) is 41.2 Å². The lowest BCUT2D eigenvalue weighted by atomic mass is 9.78. The van der Waals surface area contributed by atoms with Gasteiger partial charge in [0, 0.05) is 84.5 Å². The summed E-state index contributed by atoms with van der Waals surface area (Å²) in [5.74, 6) is -8.14. The first-order valence-corrected chi connectivity index (χ1v) is 18.7. The molecule has 1 saturated heterocycles. The second-order valence-electron chi connectivity index (χ2n) is 15.2. The van der Waals surface area contributed by atoms with Crippen LogP contribution in [0.1, 0.15) is 67.1 Å². The molecule has 0 spiro atoms. The van der Waals surface area contributed by atoms with Gasteiger partial charge in [0.05, 0.1) is 59.1 Å². The Morgan fingerprint density at radius 2 is 1.57 bits per heavy atom. The number of benzene rings is 2. The maximum Gasteiger partial charge on any atom is 0.312 e. The van der Waals surface area contributed by atoms with Crippen LogP contribution in [0.5, 0.6) is 23.0 Å². The number of hydrazone groups is 1. The van der Waals surface area contributed by atoms with Crippen molar-refractivity contribution >= 4 is 34.4 Å². The Morgan fingerprint density at radius 1 is 0.929 bits per heavy atom. The Kier molecular flexibility index (Phi) is 11.5. The van der Waals surface area contributed by atoms with Gasteiger partial charge in [0.1, 0.15) is 17.2 Å². The van der Waals surface area contributed by atoms with Crippen molar-refractivity contribution < 1.29 is 58.6 Å². The van der Waals surface area contributed by atoms with E-state index in [1.807, 2.05) is 0 Å². The Labute approximate surface area is 331 Å². The predicted molar refractivity (Wildman–Crippen MR) is 211 cm³/mol. The molecule has 1 fully saturated rings. The number of ether oxygens (including phenoxy) is 3. The van der Waals surface area contributed by atoms with Gasteiger partial charge in [-0.1, -0.05) is 45.9 Å². The molecule has 15 heteroatoms. The molecular weight excluding hydrogens is 724 g/mol. The van der Waals surface area contributed by atoms with E-state index in [1.54, 1.807) is 44.9 Å². The molecule has 4 aliphatic rings. The Morgan fingerprint density at radius 3 is 2.21 bits per heavy atom. The highest BCUT2D eigenvalue weighted by Crippen LogP contribution is 2.55. The van der Waals surface area contributed by atoms with Gasteiger partial charge in [0.2, 0.25) is 0 Å². The minimum atomic E-state index is -2.29. The van der Waals surface area contributed by atoms with Crippen LogP contribution >= 0.6 is 0 Å². The van der Waals surface area contributed by atoms with E-state index in [2.05, 4.69) is 10.4 Å². The number of piperazine rings is 1. The lowest BCUT2D eigenvalue weighted by molar-refractivity contribution is -0.112. The van der Waals surface area contributed by atoms with Gasteiger partial charge < -0.3 is 55.1 Å². The monoisotopic (exact) mass is 783 g/mol. The van der Waals surface area contributed by atoms with E-state index >= 15 is 0 Å². The number of rotatable bonds is 3. The number of hydrogen-bond donors (Lipinski definition) is 7. The first-order chi connectivity index (χ1) is 27.5. The third kappa shape index (κ3) is 7.96. The van der Waals surface area contributed by atoms with Crippen LogP contribution in [0.25, 0.3) is 10.8 Å². The van der Waals surface area contributed by atoms with Crippen molar-refractivity contribution in [1.82, 2.24) is 9.91 Å². The zero-order chi connectivity index (χ0) is 43.9. The second-order valence-corrected chi connectivity index (χ2v) is 15.2. The van der Waals surface area contributed by atoms with Crippen molar-refractivity contribution in [2.24, 2.45) is 28.8 Å². The maximum atomic E-state index is 14.4. The standard InChI is InChI=1S/C41H56N4O11/c1-20-11-10-12-21(2)40(53)43-31-26(19-42-45-16-14-44(8)15-17-45)36(50)28-29(37(31)51)35(49)25(6)38-30(28)39(52)41(7,56-38)55-18-13-27(54-9)22(3)33(47)24(5)34(48)23(4)32(20)46/h10-13,18-20,22-24,27,32-34,46-51H,14-17H2,1-9H3,(H,43,53)/b11-10+,18-13+,21-12+,42-19+/t20-,22-,23+,24-,27-,32-,33+,34+,41-/m0/s1/i8D3. The number of ketones is 1. The van der Waals surface area contributed by atoms with E-state index in [9.17, 15) is 40.2 Å². The molecule has 4 aliphatic heterocycles. The van der Waals surface area contributed by atoms with Crippen LogP contribution in [0.2, 0.25) is 0 Å². The quantitative estimate of drug-likeness (QED) is 0.134. The molecule has 306 valence electrons. The number of methoxy groups -OCH3 is 1. The highest BCUT2D eigenvalue weighted by atomic mass is 16.7. The summed E-state index contributed by atoms with van der Waals surface area (Å²) in [6, 6.07) is 0. The number of aromatic hydroxyl groups is 3. The van der Waals surface area contributed by atoms with Crippen molar-refractivity contribution in [3.63, 3.8) is 0 Å². The van der Waals surface area contributed by atoms with E-state index < -0.39 is 89.8 Å². The third-order valence-electron chi connectivity index (χ3n) is 11.4. The number of nitrogens with one attached hydrogen (secondary N) is 1. The number of Topliss-reactive ketones (excluding diaryl/α,β-unsaturated/α-hetero) is 1. The average molecular weight is 784 g/mol. The normalized spacial score (nSPS) is 34.3. The fraction of sp³-hybridized carbons (Fsp3) is 0.537. The molecule has 7 N–H and O–H groups in total. The summed E-state index contributed by atoms with van der Waals surface area (Å²) in [5.41, 5.74) is -0.656. The number of anilines is 1. The first kappa shape index (κ1) is 38.2. The molecule has 4 heterocycles. The molecule has 0 unspecified atom stereocenters. The number of aliphatic hydroxyl groups is 3. The number of hydrogen-bond acceptors (Lipinski definition) is 14. The van der Waals surface area contributed by atoms with Gasteiger partial charge in [-0.15, -0.1) is 0 Å². The van der Waals surface area contributed by atoms with Crippen LogP contribution in [0, 0.1) is 30.6 Å². The molecule has 2 aromatic rings. The number of amides is 1. The summed E-state index contributed by atoms with van der Waals surface area (Å²) < 4.78 is 40.8. The highest BCUT2D eigenvalue weighted by molar-refractivity contribution is 6.23. The van der Waals surface area contributed by atoms with Crippen molar-refractivity contribution in [1.29, 1.82) is 0 Å². The number of fused-ring (bicyclic) bond motifs is 14. The SMILES string of the molecule is [2H]C([2H])([2H])N1CCN(/N=C/c2c3c(O)c4c(O)c(C)c5c(c4c2O)C(=O)[C@@](C)(O/C=C/[C@H](OC)[C@H](C)[C@@H](O)[C@H](C)[C@H](O)[C@H](C)[C@@H](O)[C@@H](C)/C=C/C=C(\C)C(=O)N3)O5)CC1. The highest BCUT2D eigenvalue weighted by Gasteiger charge is 2.50. The summed E-state index contributed by atoms with van der Waals surface area (Å²) in [6.07, 6.45) is 4.38. The third-order valence-corrected chi connectivity index (χ3v) is 11.4. The summed E-state index contributed by atoms with van der Waals surface area (Å²) >= 11 is 0. The Hall–Kier alpha value is -4.67. The zero-order valence-corrected chi connectivity index (χ0v) is 33.0. The van der Waals surface area contributed by atoms with Gasteiger partial charge in [-0.3, -0.25) is 14.6 Å². The van der Waals surface area contributed by atoms with Crippen molar-refractivity contribution in [2.45, 2.75) is 78.7 Å². The van der Waals surface area contributed by atoms with Crippen LogP contribution in [-0.2, 0) is 14.3 Å². The van der Waals surface area contributed by atoms with Crippen molar-refractivity contribution in [2.75, 3.05) is 45.6 Å². The largest absolute Gasteiger partial charge is 0.507 e. The molecule has 56 heavy (non-hydrogen) atoms. The smallest absolute Gasteiger partial charge is 0.312 e. The molecule has 9 atom stereocenters. The topological polar surface area (TPSA) is 214 Å². The van der Waals surface area contributed by atoms with Gasteiger partial charge in [-0.2, -0.15) is 5.10 Å². The number of likely N-dealkylation sites (N-methyl/N-ethyl adjacent to an activating group) is 1. The number of allylic oxidation sites excluding steroid dienone is 2. The van der Waals surface area contributed by atoms with Gasteiger partial charge in [0.25, 0.3) is 11.7 Å². The Bertz CT molecular complexity index is 2060. The zero-order valence-electron chi connectivity index (χ0n) is 36.0. The molecule has 0 aliphatic carbocycles. The second kappa shape index (κ2) is 16.8. The summed E-state index contributed by atoms with van der Waals surface area (Å²) in [6.45, 7) is 9.45. The van der Waals surface area contributed by atoms with Crippen LogP contribution < -0.4 is 10.1 Å². The molecule has 6 rings (SSSR count). The molecule has 0 saturated carbocycles. The summed E-state index contributed by atoms with van der Waals surface area (Å²) in [5, 5.41) is 77.2. The maximum absolute atomic E-state index is 14.4. The Balaban J connectivity index is 1.68. The lowest BCUT2D eigenvalue weighted by Crippen LogP contribution is -2.44. The average Bonchev–Trinajstić information content (AvgIpc) is 3.46. The number of carbonyl (C=O) groups is 2. The summed E-state index contributed by atoms with van der Waals surface area (Å²) in [7, 11) is 1.42. The fourth-order valence-corrected chi connectivity index (χ4v) is 7.43. The van der Waals surface area contributed by atoms with Gasteiger partial charge >= 0.3 is 5.79 Å². The van der Waals surface area contributed by atoms with Gasteiger partial charge in [-0.25, -0.2) is 0 Å². The predicted octanol–water partition coefficient (Wildman–Crippen LogP) is 3.76. The van der Waals surface area contributed by atoms with Crippen LogP contribution in [-0.4, -0.2) is 129 Å². The molecular formula is C41H56N4O11. The van der Waals surface area contributed by atoms with E-state index in [0.717, 1.165) is 0 Å². The van der Waals surface area contributed by atoms with Crippen LogP contribution in [0.3, 0.4) is 0 Å². The van der Waals surface area contributed by atoms with E-state index in [-0.39, 0.29) is 70.7 Å². The van der Waals surface area contributed by atoms with Gasteiger partial charge in [-0.05, 0) is 26.9 Å². The number of aliphatic hydroxyl groups excluding tert-OH is 3. The van der Waals surface area contributed by atoms with Crippen molar-refractivity contribution in [3.8, 4) is 23.0 Å².